The third-order valence-corrected chi connectivity index (χ3v) is 18.9. The third kappa shape index (κ3) is 4.98. The van der Waals surface area contributed by atoms with Crippen molar-refractivity contribution in [3.05, 3.63) is 74.1 Å². The van der Waals surface area contributed by atoms with Crippen molar-refractivity contribution in [2.45, 2.75) is 84.5 Å². The quantitative estimate of drug-likeness (QED) is 0.369. The molecule has 1 fully saturated rings. The fraction of sp³-hybridized carbons (Fsp3) is 0.433. The van der Waals surface area contributed by atoms with Crippen LogP contribution >= 0.6 is 0 Å². The normalized spacial score (nSPS) is 16.0. The standard InChI is InChI=1S/C21H25.C5H5.C4H6.2ClH.Hf/c1-20(2,3)16-9-7-14-11-15-8-10-17(21(4,5)6)13-19(15)18(14)12-16;1-2-4-5-3-1;1-2-4-3-1;;;/h7,9-10,12-13H,11H2,1-6H3;1-3H,4H2;1-3H2;2*1H;/q;;;;;+2/p-2. The van der Waals surface area contributed by atoms with Crippen LogP contribution in [0.15, 0.2) is 51.9 Å². The van der Waals surface area contributed by atoms with Gasteiger partial charge in [0, 0.05) is 0 Å². The maximum absolute atomic E-state index is 2.67. The van der Waals surface area contributed by atoms with Gasteiger partial charge in [-0.3, -0.25) is 0 Å². The van der Waals surface area contributed by atoms with Crippen LogP contribution in [0.5, 0.6) is 0 Å². The predicted molar refractivity (Wildman–Crippen MR) is 132 cm³/mol. The second kappa shape index (κ2) is 9.71. The molecule has 0 amide bonds. The Bertz CT molecular complexity index is 1160. The topological polar surface area (TPSA) is 0 Å². The summed E-state index contributed by atoms with van der Waals surface area (Å²) in [5.41, 5.74) is 9.64. The molecule has 3 aliphatic rings. The van der Waals surface area contributed by atoms with Crippen molar-refractivity contribution >= 4 is 6.58 Å². The van der Waals surface area contributed by atoms with Gasteiger partial charge < -0.3 is 24.8 Å². The molecule has 174 valence electrons. The largest absolute Gasteiger partial charge is 1.00 e. The summed E-state index contributed by atoms with van der Waals surface area (Å²) in [5, 5.41) is 0. The Labute approximate surface area is 220 Å². The molecule has 0 bridgehead atoms. The van der Waals surface area contributed by atoms with Crippen molar-refractivity contribution in [3.8, 4) is 11.1 Å². The Kier molecular flexibility index (Phi) is 7.90. The van der Waals surface area contributed by atoms with E-state index >= 15 is 0 Å². The Balaban J connectivity index is 0.00000153. The number of fused-ring (bicyclic) bond motifs is 3. The number of hydrogen-bond donors (Lipinski definition) is 0. The average Bonchev–Trinajstić information content (AvgIpc) is 3.29. The SMILES string of the molecule is CC(C)(C)c1ccc2c(c1)-c1cc(C(C)(C)C)c[c]([Hf+2]([C]3=CC=CC3)=[C]3CCC3)c1C2.[Cl-].[Cl-]. The number of allylic oxidation sites excluding steroid dienone is 4. The number of rotatable bonds is 2. The van der Waals surface area contributed by atoms with Crippen molar-refractivity contribution in [2.75, 3.05) is 0 Å². The first-order valence-electron chi connectivity index (χ1n) is 12.0. The van der Waals surface area contributed by atoms with E-state index < -0.39 is 21.0 Å². The van der Waals surface area contributed by atoms with E-state index in [4.69, 9.17) is 0 Å². The van der Waals surface area contributed by atoms with E-state index in [0.29, 0.717) is 0 Å². The van der Waals surface area contributed by atoms with Crippen LogP contribution in [0, 0.1) is 0 Å². The van der Waals surface area contributed by atoms with Crippen molar-refractivity contribution in [1.82, 2.24) is 0 Å². The predicted octanol–water partition coefficient (Wildman–Crippen LogP) is 1.30. The van der Waals surface area contributed by atoms with E-state index in [1.165, 1.54) is 47.9 Å². The molecule has 0 aromatic heterocycles. The summed E-state index contributed by atoms with van der Waals surface area (Å²) in [5.74, 6) is 0. The van der Waals surface area contributed by atoms with Gasteiger partial charge in [-0.1, -0.05) is 0 Å². The monoisotopic (exact) mass is 646 g/mol. The van der Waals surface area contributed by atoms with Crippen LogP contribution in [0.4, 0.5) is 0 Å². The molecule has 2 aromatic carbocycles. The fourth-order valence-electron chi connectivity index (χ4n) is 5.22. The van der Waals surface area contributed by atoms with Crippen LogP contribution in [0.3, 0.4) is 0 Å². The molecule has 33 heavy (non-hydrogen) atoms. The molecule has 0 heterocycles. The fourth-order valence-corrected chi connectivity index (χ4v) is 17.6. The maximum Gasteiger partial charge on any atom is -1.00 e. The first-order chi connectivity index (χ1) is 14.6. The molecule has 5 rings (SSSR count). The van der Waals surface area contributed by atoms with Gasteiger partial charge in [-0.2, -0.15) is 0 Å². The van der Waals surface area contributed by atoms with E-state index in [9.17, 15) is 0 Å². The molecule has 0 radical (unpaired) electrons. The van der Waals surface area contributed by atoms with Gasteiger partial charge in [0.1, 0.15) is 0 Å². The van der Waals surface area contributed by atoms with Gasteiger partial charge in [0.25, 0.3) is 0 Å². The summed E-state index contributed by atoms with van der Waals surface area (Å²) in [6.45, 7) is 14.2. The van der Waals surface area contributed by atoms with Gasteiger partial charge in [0.15, 0.2) is 0 Å². The molecular weight excluding hydrogens is 610 g/mol. The summed E-state index contributed by atoms with van der Waals surface area (Å²) >= 11 is -2.20. The molecule has 1 saturated carbocycles. The average molecular weight is 646 g/mol. The van der Waals surface area contributed by atoms with Crippen LogP contribution in [0.2, 0.25) is 0 Å². The van der Waals surface area contributed by atoms with E-state index in [1.54, 1.807) is 11.1 Å². The van der Waals surface area contributed by atoms with Gasteiger partial charge in [0.05, 0.1) is 0 Å². The molecule has 0 aliphatic heterocycles. The van der Waals surface area contributed by atoms with Gasteiger partial charge >= 0.3 is 197 Å². The molecule has 0 N–H and O–H groups in total. The van der Waals surface area contributed by atoms with E-state index in [1.807, 2.05) is 9.90 Å². The van der Waals surface area contributed by atoms with Crippen LogP contribution < -0.4 is 28.1 Å². The molecular formula is C30H36Cl2Hf. The Hall–Kier alpha value is -0.760. The van der Waals surface area contributed by atoms with Crippen LogP contribution in [0.25, 0.3) is 11.1 Å². The second-order valence-corrected chi connectivity index (χ2v) is 21.2. The summed E-state index contributed by atoms with van der Waals surface area (Å²) in [6, 6.07) is 12.5. The van der Waals surface area contributed by atoms with Gasteiger partial charge in [-0.25, -0.2) is 0 Å². The molecule has 0 nitrogen and oxygen atoms in total. The zero-order valence-electron chi connectivity index (χ0n) is 20.9. The minimum atomic E-state index is -2.20. The van der Waals surface area contributed by atoms with Gasteiger partial charge in [0.2, 0.25) is 0 Å². The number of hydrogen-bond acceptors (Lipinski definition) is 0. The van der Waals surface area contributed by atoms with Crippen LogP contribution in [0.1, 0.15) is 89.5 Å². The molecule has 0 atom stereocenters. The second-order valence-electron chi connectivity index (χ2n) is 11.8. The first kappa shape index (κ1) is 26.8. The smallest absolute Gasteiger partial charge is 1.00 e. The van der Waals surface area contributed by atoms with Crippen molar-refractivity contribution in [3.63, 3.8) is 0 Å². The summed E-state index contributed by atoms with van der Waals surface area (Å²) < 4.78 is 5.60. The maximum atomic E-state index is 2.67. The molecule has 0 spiro atoms. The van der Waals surface area contributed by atoms with Gasteiger partial charge in [-0.05, 0) is 0 Å². The third-order valence-electron chi connectivity index (χ3n) is 7.42. The zero-order valence-corrected chi connectivity index (χ0v) is 26.0. The van der Waals surface area contributed by atoms with Crippen molar-refractivity contribution < 1.29 is 45.8 Å². The van der Waals surface area contributed by atoms with E-state index in [0.717, 1.165) is 6.42 Å². The summed E-state index contributed by atoms with van der Waals surface area (Å²) in [7, 11) is 0. The number of benzene rings is 2. The summed E-state index contributed by atoms with van der Waals surface area (Å²) in [6.07, 6.45) is 13.8. The van der Waals surface area contributed by atoms with Crippen LogP contribution in [-0.4, -0.2) is 3.26 Å². The van der Waals surface area contributed by atoms with E-state index in [-0.39, 0.29) is 35.6 Å². The van der Waals surface area contributed by atoms with Crippen molar-refractivity contribution in [2.24, 2.45) is 0 Å². The molecule has 0 unspecified atom stereocenters. The van der Waals surface area contributed by atoms with Crippen molar-refractivity contribution in [1.29, 1.82) is 0 Å². The zero-order chi connectivity index (χ0) is 22.0. The number of halogens is 2. The molecule has 2 aromatic rings. The van der Waals surface area contributed by atoms with Gasteiger partial charge in [-0.15, -0.1) is 0 Å². The Morgan fingerprint density at radius 1 is 0.788 bits per heavy atom. The Morgan fingerprint density at radius 2 is 1.45 bits per heavy atom. The van der Waals surface area contributed by atoms with Crippen LogP contribution in [-0.2, 0) is 38.2 Å². The Morgan fingerprint density at radius 3 is 2.00 bits per heavy atom. The molecule has 3 aliphatic carbocycles. The molecule has 0 saturated heterocycles. The minimum absolute atomic E-state index is 0. The molecule has 3 heteroatoms. The summed E-state index contributed by atoms with van der Waals surface area (Å²) in [4.78, 5) is 0. The minimum Gasteiger partial charge on any atom is -1.00 e. The van der Waals surface area contributed by atoms with E-state index in [2.05, 4.69) is 90.1 Å². The first-order valence-corrected chi connectivity index (χ1v) is 17.4.